The highest BCUT2D eigenvalue weighted by Gasteiger charge is 2.28. The number of nitrogens with zero attached hydrogens (tertiary/aromatic N) is 2. The van der Waals surface area contributed by atoms with E-state index in [1.165, 1.54) is 12.1 Å². The molecule has 0 saturated carbocycles. The van der Waals surface area contributed by atoms with Crippen LogP contribution in [0.15, 0.2) is 24.4 Å². The number of hydrogen-bond acceptors (Lipinski definition) is 2. The molecule has 1 aliphatic rings. The third kappa shape index (κ3) is 2.58. The van der Waals surface area contributed by atoms with Crippen LogP contribution in [0, 0.1) is 18.6 Å². The van der Waals surface area contributed by atoms with Gasteiger partial charge in [-0.15, -0.1) is 0 Å². The van der Waals surface area contributed by atoms with Crippen LogP contribution in [0.5, 0.6) is 0 Å². The molecule has 0 aliphatic carbocycles. The molecule has 0 unspecified atom stereocenters. The summed E-state index contributed by atoms with van der Waals surface area (Å²) in [6.45, 7) is 3.54. The SMILES string of the molecule is Cc1cnc([C@H]2CCCN2Cc2ccc(F)c(F)c2)[nH]1. The summed E-state index contributed by atoms with van der Waals surface area (Å²) in [5.74, 6) is -0.622. The van der Waals surface area contributed by atoms with E-state index in [9.17, 15) is 8.78 Å². The molecular formula is C15H17F2N3. The minimum Gasteiger partial charge on any atom is -0.345 e. The van der Waals surface area contributed by atoms with Gasteiger partial charge < -0.3 is 4.98 Å². The highest BCUT2D eigenvalue weighted by atomic mass is 19.2. The first-order valence-corrected chi connectivity index (χ1v) is 6.83. The first-order valence-electron chi connectivity index (χ1n) is 6.83. The van der Waals surface area contributed by atoms with Crippen molar-refractivity contribution in [3.05, 3.63) is 53.1 Å². The number of nitrogens with one attached hydrogen (secondary N) is 1. The van der Waals surface area contributed by atoms with E-state index in [2.05, 4.69) is 14.9 Å². The van der Waals surface area contributed by atoms with Crippen LogP contribution in [-0.2, 0) is 6.54 Å². The second-order valence-electron chi connectivity index (χ2n) is 5.33. The van der Waals surface area contributed by atoms with E-state index in [0.717, 1.165) is 36.5 Å². The average molecular weight is 277 g/mol. The van der Waals surface area contributed by atoms with Gasteiger partial charge in [0, 0.05) is 18.4 Å². The van der Waals surface area contributed by atoms with E-state index in [1.807, 2.05) is 13.1 Å². The fraction of sp³-hybridized carbons (Fsp3) is 0.400. The van der Waals surface area contributed by atoms with Crippen LogP contribution < -0.4 is 0 Å². The molecule has 3 rings (SSSR count). The summed E-state index contributed by atoms with van der Waals surface area (Å²) in [5.41, 5.74) is 1.83. The zero-order valence-corrected chi connectivity index (χ0v) is 11.4. The molecule has 1 aliphatic heterocycles. The molecule has 106 valence electrons. The third-order valence-electron chi connectivity index (χ3n) is 3.77. The first kappa shape index (κ1) is 13.2. The van der Waals surface area contributed by atoms with Gasteiger partial charge in [0.2, 0.25) is 0 Å². The number of rotatable bonds is 3. The molecule has 1 atom stereocenters. The van der Waals surface area contributed by atoms with Crippen molar-refractivity contribution in [1.29, 1.82) is 0 Å². The molecule has 0 radical (unpaired) electrons. The highest BCUT2D eigenvalue weighted by Crippen LogP contribution is 2.31. The molecule has 3 nitrogen and oxygen atoms in total. The number of aryl methyl sites for hydroxylation is 1. The molecule has 5 heteroatoms. The van der Waals surface area contributed by atoms with Crippen molar-refractivity contribution in [2.75, 3.05) is 6.54 Å². The van der Waals surface area contributed by atoms with Crippen LogP contribution in [0.4, 0.5) is 8.78 Å². The standard InChI is InChI=1S/C15H17F2N3/c1-10-8-18-15(19-10)14-3-2-6-20(14)9-11-4-5-12(16)13(17)7-11/h4-5,7-8,14H,2-3,6,9H2,1H3,(H,18,19)/t14-/m1/s1. The van der Waals surface area contributed by atoms with Crippen molar-refractivity contribution < 1.29 is 8.78 Å². The molecule has 1 saturated heterocycles. The lowest BCUT2D eigenvalue weighted by atomic mass is 10.1. The fourth-order valence-corrected chi connectivity index (χ4v) is 2.80. The van der Waals surface area contributed by atoms with Crippen molar-refractivity contribution in [1.82, 2.24) is 14.9 Å². The number of benzene rings is 1. The van der Waals surface area contributed by atoms with Crippen LogP contribution in [0.2, 0.25) is 0 Å². The molecule has 2 heterocycles. The molecule has 1 aromatic heterocycles. The maximum Gasteiger partial charge on any atom is 0.159 e. The lowest BCUT2D eigenvalue weighted by Gasteiger charge is -2.23. The second-order valence-corrected chi connectivity index (χ2v) is 5.33. The second kappa shape index (κ2) is 5.32. The molecule has 1 N–H and O–H groups in total. The van der Waals surface area contributed by atoms with Crippen LogP contribution >= 0.6 is 0 Å². The predicted octanol–water partition coefficient (Wildman–Crippen LogP) is 3.33. The number of aromatic nitrogens is 2. The van der Waals surface area contributed by atoms with Crippen LogP contribution in [-0.4, -0.2) is 21.4 Å². The minimum atomic E-state index is -0.798. The number of likely N-dealkylation sites (tertiary alicyclic amines) is 1. The number of aromatic amines is 1. The molecule has 20 heavy (non-hydrogen) atoms. The topological polar surface area (TPSA) is 31.9 Å². The van der Waals surface area contributed by atoms with Crippen molar-refractivity contribution in [2.24, 2.45) is 0 Å². The summed E-state index contributed by atoms with van der Waals surface area (Å²) in [5, 5.41) is 0. The molecule has 1 fully saturated rings. The van der Waals surface area contributed by atoms with E-state index in [4.69, 9.17) is 0 Å². The van der Waals surface area contributed by atoms with Crippen LogP contribution in [0.3, 0.4) is 0 Å². The van der Waals surface area contributed by atoms with Crippen LogP contribution in [0.1, 0.15) is 36.0 Å². The van der Waals surface area contributed by atoms with Gasteiger partial charge in [-0.2, -0.15) is 0 Å². The Labute approximate surface area is 116 Å². The van der Waals surface area contributed by atoms with Gasteiger partial charge >= 0.3 is 0 Å². The Kier molecular flexibility index (Phi) is 3.53. The van der Waals surface area contributed by atoms with E-state index < -0.39 is 11.6 Å². The van der Waals surface area contributed by atoms with Crippen molar-refractivity contribution in [2.45, 2.75) is 32.4 Å². The van der Waals surface area contributed by atoms with Gasteiger partial charge in [0.05, 0.1) is 6.04 Å². The largest absolute Gasteiger partial charge is 0.345 e. The van der Waals surface area contributed by atoms with Gasteiger partial charge in [0.25, 0.3) is 0 Å². The summed E-state index contributed by atoms with van der Waals surface area (Å²) in [4.78, 5) is 9.91. The lowest BCUT2D eigenvalue weighted by Crippen LogP contribution is -2.23. The molecule has 0 spiro atoms. The first-order chi connectivity index (χ1) is 9.63. The average Bonchev–Trinajstić information content (AvgIpc) is 3.03. The Balaban J connectivity index is 1.77. The molecular weight excluding hydrogens is 260 g/mol. The van der Waals surface area contributed by atoms with Crippen molar-refractivity contribution in [3.8, 4) is 0 Å². The van der Waals surface area contributed by atoms with Gasteiger partial charge in [-0.05, 0) is 44.0 Å². The number of hydrogen-bond donors (Lipinski definition) is 1. The van der Waals surface area contributed by atoms with Gasteiger partial charge in [-0.25, -0.2) is 13.8 Å². The van der Waals surface area contributed by atoms with Gasteiger partial charge in [0.15, 0.2) is 11.6 Å². The summed E-state index contributed by atoms with van der Waals surface area (Å²) in [6, 6.07) is 4.34. The quantitative estimate of drug-likeness (QED) is 0.933. The number of H-pyrrole nitrogens is 1. The summed E-state index contributed by atoms with van der Waals surface area (Å²) >= 11 is 0. The van der Waals surface area contributed by atoms with E-state index >= 15 is 0 Å². The Morgan fingerprint density at radius 2 is 2.20 bits per heavy atom. The summed E-state index contributed by atoms with van der Waals surface area (Å²) in [7, 11) is 0. The van der Waals surface area contributed by atoms with Crippen molar-refractivity contribution in [3.63, 3.8) is 0 Å². The van der Waals surface area contributed by atoms with E-state index in [0.29, 0.717) is 6.54 Å². The Morgan fingerprint density at radius 3 is 2.90 bits per heavy atom. The fourth-order valence-electron chi connectivity index (χ4n) is 2.80. The van der Waals surface area contributed by atoms with E-state index in [1.54, 1.807) is 6.07 Å². The zero-order chi connectivity index (χ0) is 14.1. The summed E-state index contributed by atoms with van der Waals surface area (Å²) in [6.07, 6.45) is 3.95. The van der Waals surface area contributed by atoms with E-state index in [-0.39, 0.29) is 6.04 Å². The minimum absolute atomic E-state index is 0.233. The number of halogens is 2. The maximum absolute atomic E-state index is 13.3. The maximum atomic E-state index is 13.3. The number of imidazole rings is 1. The van der Waals surface area contributed by atoms with Crippen molar-refractivity contribution >= 4 is 0 Å². The highest BCUT2D eigenvalue weighted by molar-refractivity contribution is 5.18. The zero-order valence-electron chi connectivity index (χ0n) is 11.4. The van der Waals surface area contributed by atoms with Gasteiger partial charge in [-0.1, -0.05) is 6.07 Å². The predicted molar refractivity (Wildman–Crippen MR) is 72.1 cm³/mol. The van der Waals surface area contributed by atoms with Crippen LogP contribution in [0.25, 0.3) is 0 Å². The molecule has 2 aromatic rings. The Hall–Kier alpha value is -1.75. The third-order valence-corrected chi connectivity index (χ3v) is 3.77. The molecule has 0 bridgehead atoms. The molecule has 0 amide bonds. The monoisotopic (exact) mass is 277 g/mol. The summed E-state index contributed by atoms with van der Waals surface area (Å²) < 4.78 is 26.2. The molecule has 1 aromatic carbocycles. The van der Waals surface area contributed by atoms with Gasteiger partial charge in [0.1, 0.15) is 5.82 Å². The van der Waals surface area contributed by atoms with Gasteiger partial charge in [-0.3, -0.25) is 4.90 Å². The Bertz CT molecular complexity index is 609. The normalized spacial score (nSPS) is 19.6. The lowest BCUT2D eigenvalue weighted by molar-refractivity contribution is 0.240. The Morgan fingerprint density at radius 1 is 1.35 bits per heavy atom. The smallest absolute Gasteiger partial charge is 0.159 e.